The summed E-state index contributed by atoms with van der Waals surface area (Å²) in [5.74, 6) is -0.740. The lowest BCUT2D eigenvalue weighted by Crippen LogP contribution is -2.53. The van der Waals surface area contributed by atoms with Gasteiger partial charge in [-0.3, -0.25) is 9.59 Å². The molecule has 0 radical (unpaired) electrons. The number of carbonyl (C=O) groups excluding carboxylic acids is 2. The molecule has 1 fully saturated rings. The summed E-state index contributed by atoms with van der Waals surface area (Å²) in [7, 11) is 0. The molecule has 7 heteroatoms. The summed E-state index contributed by atoms with van der Waals surface area (Å²) in [6.45, 7) is 0.177. The van der Waals surface area contributed by atoms with Crippen molar-refractivity contribution in [3.8, 4) is 0 Å². The molecule has 3 aromatic rings. The number of carbonyl (C=O) groups is 2. The second-order valence-corrected chi connectivity index (χ2v) is 10.4. The van der Waals surface area contributed by atoms with Crippen LogP contribution in [0.4, 0.5) is 4.39 Å². The van der Waals surface area contributed by atoms with E-state index in [0.29, 0.717) is 22.0 Å². The minimum absolute atomic E-state index is 0.0556. The first kappa shape index (κ1) is 27.2. The van der Waals surface area contributed by atoms with E-state index in [0.717, 1.165) is 36.8 Å². The molecule has 1 atom stereocenters. The Hall–Kier alpha value is -2.89. The molecule has 0 bridgehead atoms. The van der Waals surface area contributed by atoms with Gasteiger partial charge in [-0.2, -0.15) is 0 Å². The molecule has 37 heavy (non-hydrogen) atoms. The second kappa shape index (κ2) is 13.1. The van der Waals surface area contributed by atoms with Gasteiger partial charge in [-0.05, 0) is 53.8 Å². The van der Waals surface area contributed by atoms with Crippen LogP contribution in [0.15, 0.2) is 72.8 Å². The molecular weight excluding hydrogens is 510 g/mol. The summed E-state index contributed by atoms with van der Waals surface area (Å²) in [4.78, 5) is 29.2. The number of hydrogen-bond acceptors (Lipinski definition) is 2. The third kappa shape index (κ3) is 7.80. The standard InChI is InChI=1S/C30H31Cl2FN2O2/c31-26-16-13-23(17-27(26)32)19-29(36)35(20-22-11-14-24(33)15-12-22)28(18-21-7-3-1-4-8-21)30(37)34-25-9-5-2-6-10-25/h1,3-4,7-8,11-17,25,28H,2,5-6,9-10,18-20H2,(H,34,37). The van der Waals surface area contributed by atoms with E-state index in [-0.39, 0.29) is 36.6 Å². The maximum atomic E-state index is 13.8. The highest BCUT2D eigenvalue weighted by molar-refractivity contribution is 6.42. The predicted octanol–water partition coefficient (Wildman–Crippen LogP) is 6.76. The van der Waals surface area contributed by atoms with E-state index in [1.54, 1.807) is 35.2 Å². The Labute approximate surface area is 227 Å². The molecule has 1 unspecified atom stereocenters. The number of nitrogens with zero attached hydrogens (tertiary/aromatic N) is 1. The van der Waals surface area contributed by atoms with Crippen LogP contribution >= 0.6 is 23.2 Å². The molecule has 1 aliphatic rings. The van der Waals surface area contributed by atoms with Crippen molar-refractivity contribution in [2.24, 2.45) is 0 Å². The fraction of sp³-hybridized carbons (Fsp3) is 0.333. The Balaban J connectivity index is 1.65. The summed E-state index contributed by atoms with van der Waals surface area (Å²) in [6, 6.07) is 20.2. The van der Waals surface area contributed by atoms with Gasteiger partial charge in [-0.15, -0.1) is 0 Å². The van der Waals surface area contributed by atoms with Gasteiger partial charge in [0, 0.05) is 19.0 Å². The lowest BCUT2D eigenvalue weighted by Gasteiger charge is -2.33. The smallest absolute Gasteiger partial charge is 0.243 e. The molecule has 1 aliphatic carbocycles. The van der Waals surface area contributed by atoms with Crippen molar-refractivity contribution >= 4 is 35.0 Å². The molecule has 1 saturated carbocycles. The minimum Gasteiger partial charge on any atom is -0.352 e. The zero-order valence-electron chi connectivity index (χ0n) is 20.6. The Kier molecular flexibility index (Phi) is 9.59. The van der Waals surface area contributed by atoms with Crippen molar-refractivity contribution in [1.82, 2.24) is 10.2 Å². The van der Waals surface area contributed by atoms with Crippen LogP contribution in [0.2, 0.25) is 10.0 Å². The highest BCUT2D eigenvalue weighted by atomic mass is 35.5. The van der Waals surface area contributed by atoms with Gasteiger partial charge in [0.15, 0.2) is 0 Å². The highest BCUT2D eigenvalue weighted by Crippen LogP contribution is 2.24. The Morgan fingerprint density at radius 3 is 2.22 bits per heavy atom. The molecule has 0 spiro atoms. The monoisotopic (exact) mass is 540 g/mol. The largest absolute Gasteiger partial charge is 0.352 e. The SMILES string of the molecule is O=C(NC1CCCCC1)C(Cc1ccccc1)N(Cc1ccc(F)cc1)C(=O)Cc1ccc(Cl)c(Cl)c1. The molecule has 1 N–H and O–H groups in total. The van der Waals surface area contributed by atoms with E-state index in [4.69, 9.17) is 23.2 Å². The van der Waals surface area contributed by atoms with E-state index in [2.05, 4.69) is 5.32 Å². The molecule has 3 aromatic carbocycles. The molecular formula is C30H31Cl2FN2O2. The zero-order valence-corrected chi connectivity index (χ0v) is 22.1. The minimum atomic E-state index is -0.732. The number of hydrogen-bond donors (Lipinski definition) is 1. The van der Waals surface area contributed by atoms with Crippen molar-refractivity contribution in [3.05, 3.63) is 105 Å². The predicted molar refractivity (Wildman–Crippen MR) is 146 cm³/mol. The first-order chi connectivity index (χ1) is 17.9. The van der Waals surface area contributed by atoms with Crippen molar-refractivity contribution in [2.75, 3.05) is 0 Å². The number of rotatable bonds is 9. The van der Waals surface area contributed by atoms with Crippen LogP contribution in [0.25, 0.3) is 0 Å². The maximum Gasteiger partial charge on any atom is 0.243 e. The van der Waals surface area contributed by atoms with Crippen molar-refractivity contribution in [1.29, 1.82) is 0 Å². The van der Waals surface area contributed by atoms with Gasteiger partial charge in [0.2, 0.25) is 11.8 Å². The quantitative estimate of drug-likeness (QED) is 0.325. The summed E-state index contributed by atoms with van der Waals surface area (Å²) < 4.78 is 13.6. The lowest BCUT2D eigenvalue weighted by atomic mass is 9.94. The fourth-order valence-electron chi connectivity index (χ4n) is 4.81. The Morgan fingerprint density at radius 2 is 1.54 bits per heavy atom. The summed E-state index contributed by atoms with van der Waals surface area (Å²) >= 11 is 12.3. The second-order valence-electron chi connectivity index (χ2n) is 9.62. The van der Waals surface area contributed by atoms with Gasteiger partial charge in [-0.25, -0.2) is 4.39 Å². The third-order valence-electron chi connectivity index (χ3n) is 6.83. The van der Waals surface area contributed by atoms with Gasteiger partial charge in [0.1, 0.15) is 11.9 Å². The van der Waals surface area contributed by atoms with E-state index in [1.807, 2.05) is 30.3 Å². The van der Waals surface area contributed by atoms with Gasteiger partial charge >= 0.3 is 0 Å². The Morgan fingerprint density at radius 1 is 0.865 bits per heavy atom. The van der Waals surface area contributed by atoms with E-state index in [1.165, 1.54) is 18.6 Å². The summed E-state index contributed by atoms with van der Waals surface area (Å²) in [5, 5.41) is 4.00. The van der Waals surface area contributed by atoms with Crippen LogP contribution in [0.1, 0.15) is 48.8 Å². The first-order valence-corrected chi connectivity index (χ1v) is 13.5. The average Bonchev–Trinajstić information content (AvgIpc) is 2.90. The van der Waals surface area contributed by atoms with Crippen molar-refractivity contribution in [2.45, 2.75) is 63.6 Å². The van der Waals surface area contributed by atoms with Crippen molar-refractivity contribution < 1.29 is 14.0 Å². The normalized spacial score (nSPS) is 14.7. The molecule has 0 aromatic heterocycles. The maximum absolute atomic E-state index is 13.8. The van der Waals surface area contributed by atoms with Crippen LogP contribution in [0.3, 0.4) is 0 Å². The summed E-state index contributed by atoms with van der Waals surface area (Å²) in [5.41, 5.74) is 2.40. The zero-order chi connectivity index (χ0) is 26.2. The van der Waals surface area contributed by atoms with Crippen LogP contribution in [-0.4, -0.2) is 28.8 Å². The fourth-order valence-corrected chi connectivity index (χ4v) is 5.13. The van der Waals surface area contributed by atoms with Gasteiger partial charge < -0.3 is 10.2 Å². The average molecular weight is 541 g/mol. The van der Waals surface area contributed by atoms with Crippen LogP contribution in [-0.2, 0) is 29.0 Å². The van der Waals surface area contributed by atoms with E-state index < -0.39 is 6.04 Å². The van der Waals surface area contributed by atoms with Gasteiger partial charge in [0.25, 0.3) is 0 Å². The number of benzene rings is 3. The third-order valence-corrected chi connectivity index (χ3v) is 7.57. The molecule has 0 heterocycles. The molecule has 194 valence electrons. The van der Waals surface area contributed by atoms with Crippen LogP contribution < -0.4 is 5.32 Å². The van der Waals surface area contributed by atoms with Gasteiger partial charge in [-0.1, -0.05) is 91.0 Å². The lowest BCUT2D eigenvalue weighted by molar-refractivity contribution is -0.141. The Bertz CT molecular complexity index is 1200. The van der Waals surface area contributed by atoms with Crippen molar-refractivity contribution in [3.63, 3.8) is 0 Å². The highest BCUT2D eigenvalue weighted by Gasteiger charge is 2.32. The first-order valence-electron chi connectivity index (χ1n) is 12.7. The number of amides is 2. The van der Waals surface area contributed by atoms with E-state index in [9.17, 15) is 14.0 Å². The van der Waals surface area contributed by atoms with Crippen LogP contribution in [0.5, 0.6) is 0 Å². The topological polar surface area (TPSA) is 49.4 Å². The number of nitrogens with one attached hydrogen (secondary N) is 1. The summed E-state index contributed by atoms with van der Waals surface area (Å²) in [6.07, 6.45) is 5.66. The molecule has 0 saturated heterocycles. The molecule has 2 amide bonds. The number of halogens is 3. The van der Waals surface area contributed by atoms with E-state index >= 15 is 0 Å². The molecule has 4 nitrogen and oxygen atoms in total. The molecule has 4 rings (SSSR count). The van der Waals surface area contributed by atoms with Crippen LogP contribution in [0, 0.1) is 5.82 Å². The van der Waals surface area contributed by atoms with Gasteiger partial charge in [0.05, 0.1) is 16.5 Å². The molecule has 0 aliphatic heterocycles.